The minimum atomic E-state index is -0.213. The molecule has 0 fully saturated rings. The van der Waals surface area contributed by atoms with Crippen molar-refractivity contribution in [3.63, 3.8) is 0 Å². The van der Waals surface area contributed by atoms with Gasteiger partial charge in [0.15, 0.2) is 0 Å². The van der Waals surface area contributed by atoms with Gasteiger partial charge in [-0.1, -0.05) is 36.4 Å². The Morgan fingerprint density at radius 1 is 1.18 bits per heavy atom. The van der Waals surface area contributed by atoms with Crippen molar-refractivity contribution in [2.45, 2.75) is 19.4 Å². The molecule has 2 aromatic rings. The molecule has 0 saturated carbocycles. The minimum absolute atomic E-state index is 0.0127. The Balaban J connectivity index is 2.12. The van der Waals surface area contributed by atoms with Crippen LogP contribution in [0, 0.1) is 0 Å². The van der Waals surface area contributed by atoms with Gasteiger partial charge in [0.05, 0.1) is 12.6 Å². The summed E-state index contributed by atoms with van der Waals surface area (Å²) in [4.78, 5) is 12.4. The van der Waals surface area contributed by atoms with Crippen LogP contribution >= 0.6 is 0 Å². The fourth-order valence-electron chi connectivity index (χ4n) is 2.27. The Morgan fingerprint density at radius 3 is 2.64 bits per heavy atom. The van der Waals surface area contributed by atoms with E-state index in [1.165, 1.54) is 0 Å². The zero-order chi connectivity index (χ0) is 15.8. The van der Waals surface area contributed by atoms with Gasteiger partial charge in [0, 0.05) is 12.2 Å². The van der Waals surface area contributed by atoms with E-state index in [2.05, 4.69) is 5.32 Å². The van der Waals surface area contributed by atoms with E-state index in [-0.39, 0.29) is 18.6 Å². The first-order chi connectivity index (χ1) is 10.7. The predicted octanol–water partition coefficient (Wildman–Crippen LogP) is 2.94. The van der Waals surface area contributed by atoms with Crippen molar-refractivity contribution in [3.8, 4) is 5.75 Å². The molecule has 1 atom stereocenters. The van der Waals surface area contributed by atoms with Crippen LogP contribution in [0.2, 0.25) is 0 Å². The summed E-state index contributed by atoms with van der Waals surface area (Å²) in [6, 6.07) is 16.5. The van der Waals surface area contributed by atoms with Gasteiger partial charge in [0.25, 0.3) is 5.91 Å². The molecule has 0 saturated heterocycles. The molecule has 0 bridgehead atoms. The number of rotatable bonds is 7. The number of carbonyl (C=O) groups excluding carboxylic acids is 1. The van der Waals surface area contributed by atoms with Crippen LogP contribution in [-0.4, -0.2) is 24.2 Å². The smallest absolute Gasteiger partial charge is 0.251 e. The highest BCUT2D eigenvalue weighted by Gasteiger charge is 2.15. The van der Waals surface area contributed by atoms with Crippen LogP contribution in [0.3, 0.4) is 0 Å². The fourth-order valence-corrected chi connectivity index (χ4v) is 2.27. The molecule has 22 heavy (non-hydrogen) atoms. The molecule has 116 valence electrons. The molecule has 2 rings (SSSR count). The number of hydrogen-bond acceptors (Lipinski definition) is 3. The second kappa shape index (κ2) is 8.20. The summed E-state index contributed by atoms with van der Waals surface area (Å²) >= 11 is 0. The largest absolute Gasteiger partial charge is 0.494 e. The highest BCUT2D eigenvalue weighted by molar-refractivity contribution is 5.94. The maximum absolute atomic E-state index is 12.4. The van der Waals surface area contributed by atoms with Gasteiger partial charge in [-0.05, 0) is 37.1 Å². The fraction of sp³-hybridized carbons (Fsp3) is 0.278. The van der Waals surface area contributed by atoms with Crippen molar-refractivity contribution in [1.82, 2.24) is 5.32 Å². The van der Waals surface area contributed by atoms with Gasteiger partial charge in [0.1, 0.15) is 5.75 Å². The lowest BCUT2D eigenvalue weighted by Gasteiger charge is -2.18. The average Bonchev–Trinajstić information content (AvgIpc) is 2.56. The van der Waals surface area contributed by atoms with E-state index in [1.807, 2.05) is 43.3 Å². The average molecular weight is 299 g/mol. The Hall–Kier alpha value is -2.33. The molecule has 1 amide bonds. The maximum atomic E-state index is 12.4. The van der Waals surface area contributed by atoms with Crippen LogP contribution < -0.4 is 10.1 Å². The lowest BCUT2D eigenvalue weighted by atomic mass is 10.0. The molecule has 0 heterocycles. The predicted molar refractivity (Wildman–Crippen MR) is 86.0 cm³/mol. The standard InChI is InChI=1S/C18H21NO3/c1-2-22-16-10-6-9-15(13-16)18(21)19-17(11-12-20)14-7-4-3-5-8-14/h3-10,13,17,20H,2,11-12H2,1H3,(H,19,21). The van der Waals surface area contributed by atoms with Gasteiger partial charge in [-0.3, -0.25) is 4.79 Å². The summed E-state index contributed by atoms with van der Waals surface area (Å²) in [6.07, 6.45) is 0.473. The zero-order valence-electron chi connectivity index (χ0n) is 12.7. The number of aliphatic hydroxyl groups excluding tert-OH is 1. The summed E-state index contributed by atoms with van der Waals surface area (Å²) < 4.78 is 5.41. The highest BCUT2D eigenvalue weighted by atomic mass is 16.5. The summed E-state index contributed by atoms with van der Waals surface area (Å²) in [5, 5.41) is 12.2. The summed E-state index contributed by atoms with van der Waals surface area (Å²) in [5.74, 6) is 0.498. The zero-order valence-corrected chi connectivity index (χ0v) is 12.7. The molecule has 2 aromatic carbocycles. The molecule has 4 nitrogen and oxygen atoms in total. The quantitative estimate of drug-likeness (QED) is 0.826. The summed E-state index contributed by atoms with van der Waals surface area (Å²) in [6.45, 7) is 2.47. The molecule has 1 unspecified atom stereocenters. The van der Waals surface area contributed by atoms with Gasteiger partial charge in [-0.15, -0.1) is 0 Å². The van der Waals surface area contributed by atoms with Crippen LogP contribution in [0.15, 0.2) is 54.6 Å². The van der Waals surface area contributed by atoms with Crippen molar-refractivity contribution < 1.29 is 14.6 Å². The first-order valence-electron chi connectivity index (χ1n) is 7.44. The van der Waals surface area contributed by atoms with E-state index in [0.29, 0.717) is 24.3 Å². The molecule has 0 spiro atoms. The molecule has 0 aliphatic heterocycles. The number of nitrogens with one attached hydrogen (secondary N) is 1. The maximum Gasteiger partial charge on any atom is 0.251 e. The van der Waals surface area contributed by atoms with Crippen LogP contribution in [0.5, 0.6) is 5.75 Å². The van der Waals surface area contributed by atoms with Crippen molar-refractivity contribution in [2.24, 2.45) is 0 Å². The van der Waals surface area contributed by atoms with Crippen molar-refractivity contribution in [1.29, 1.82) is 0 Å². The monoisotopic (exact) mass is 299 g/mol. The van der Waals surface area contributed by atoms with Crippen molar-refractivity contribution in [3.05, 3.63) is 65.7 Å². The van der Waals surface area contributed by atoms with Gasteiger partial charge in [0.2, 0.25) is 0 Å². The Bertz CT molecular complexity index is 598. The first-order valence-corrected chi connectivity index (χ1v) is 7.44. The van der Waals surface area contributed by atoms with Crippen molar-refractivity contribution in [2.75, 3.05) is 13.2 Å². The molecular weight excluding hydrogens is 278 g/mol. The molecule has 2 N–H and O–H groups in total. The molecule has 0 aliphatic carbocycles. The topological polar surface area (TPSA) is 58.6 Å². The van der Waals surface area contributed by atoms with Gasteiger partial charge < -0.3 is 15.2 Å². The van der Waals surface area contributed by atoms with E-state index >= 15 is 0 Å². The van der Waals surface area contributed by atoms with Crippen LogP contribution in [-0.2, 0) is 0 Å². The first kappa shape index (κ1) is 16.0. The minimum Gasteiger partial charge on any atom is -0.494 e. The van der Waals surface area contributed by atoms with E-state index < -0.39 is 0 Å². The third kappa shape index (κ3) is 4.33. The van der Waals surface area contributed by atoms with Crippen molar-refractivity contribution >= 4 is 5.91 Å². The highest BCUT2D eigenvalue weighted by Crippen LogP contribution is 2.18. The van der Waals surface area contributed by atoms with E-state index in [9.17, 15) is 9.90 Å². The third-order valence-corrected chi connectivity index (χ3v) is 3.33. The molecule has 0 aliphatic rings. The lowest BCUT2D eigenvalue weighted by molar-refractivity contribution is 0.0929. The van der Waals surface area contributed by atoms with Gasteiger partial charge in [-0.2, -0.15) is 0 Å². The third-order valence-electron chi connectivity index (χ3n) is 3.33. The van der Waals surface area contributed by atoms with Gasteiger partial charge in [-0.25, -0.2) is 0 Å². The van der Waals surface area contributed by atoms with Gasteiger partial charge >= 0.3 is 0 Å². The second-order valence-corrected chi connectivity index (χ2v) is 4.91. The summed E-state index contributed by atoms with van der Waals surface area (Å²) in [5.41, 5.74) is 1.52. The number of benzene rings is 2. The SMILES string of the molecule is CCOc1cccc(C(=O)NC(CCO)c2ccccc2)c1. The Labute approximate surface area is 130 Å². The number of hydrogen-bond donors (Lipinski definition) is 2. The second-order valence-electron chi connectivity index (χ2n) is 4.91. The molecule has 0 aromatic heterocycles. The molecular formula is C18H21NO3. The lowest BCUT2D eigenvalue weighted by Crippen LogP contribution is -2.29. The Kier molecular flexibility index (Phi) is 5.98. The normalized spacial score (nSPS) is 11.7. The number of carbonyl (C=O) groups is 1. The van der Waals surface area contributed by atoms with Crippen LogP contribution in [0.25, 0.3) is 0 Å². The van der Waals surface area contributed by atoms with Crippen LogP contribution in [0.4, 0.5) is 0 Å². The molecule has 0 radical (unpaired) electrons. The van der Waals surface area contributed by atoms with Crippen LogP contribution in [0.1, 0.15) is 35.3 Å². The van der Waals surface area contributed by atoms with E-state index in [0.717, 1.165) is 5.56 Å². The number of ether oxygens (including phenoxy) is 1. The number of amides is 1. The molecule has 4 heteroatoms. The van der Waals surface area contributed by atoms with E-state index in [1.54, 1.807) is 18.2 Å². The summed E-state index contributed by atoms with van der Waals surface area (Å²) in [7, 11) is 0. The number of aliphatic hydroxyl groups is 1. The Morgan fingerprint density at radius 2 is 1.95 bits per heavy atom. The van der Waals surface area contributed by atoms with E-state index in [4.69, 9.17) is 4.74 Å².